The number of carbonyl (C=O) groups is 1. The molecule has 1 atom stereocenters. The monoisotopic (exact) mass is 265 g/mol. The van der Waals surface area contributed by atoms with Crippen molar-refractivity contribution in [3.8, 4) is 6.07 Å². The Hall–Kier alpha value is -1.12. The van der Waals surface area contributed by atoms with Crippen molar-refractivity contribution in [1.82, 2.24) is 10.2 Å². The van der Waals surface area contributed by atoms with Crippen LogP contribution in [0.3, 0.4) is 0 Å². The van der Waals surface area contributed by atoms with Crippen molar-refractivity contribution in [2.24, 2.45) is 5.41 Å². The molecule has 0 bridgehead atoms. The zero-order chi connectivity index (χ0) is 13.7. The molecule has 2 saturated heterocycles. The molecule has 1 N–H and O–H groups in total. The molecule has 2 fully saturated rings. The molecule has 5 nitrogen and oxygen atoms in total. The van der Waals surface area contributed by atoms with Crippen molar-refractivity contribution in [2.45, 2.75) is 38.6 Å². The number of carbonyl (C=O) groups excluding carboxylic acids is 1. The third-order valence-corrected chi connectivity index (χ3v) is 4.32. The van der Waals surface area contributed by atoms with Crippen LogP contribution in [-0.4, -0.2) is 49.7 Å². The summed E-state index contributed by atoms with van der Waals surface area (Å²) in [7, 11) is 0. The molecule has 0 aromatic rings. The molecule has 1 unspecified atom stereocenters. The minimum atomic E-state index is -0.872. The van der Waals surface area contributed by atoms with Crippen LogP contribution in [-0.2, 0) is 9.53 Å². The van der Waals surface area contributed by atoms with Crippen LogP contribution in [0.5, 0.6) is 0 Å². The normalized spacial score (nSPS) is 24.6. The van der Waals surface area contributed by atoms with Crippen molar-refractivity contribution in [3.05, 3.63) is 0 Å². The first-order valence-electron chi connectivity index (χ1n) is 7.19. The Morgan fingerprint density at radius 2 is 2.05 bits per heavy atom. The van der Waals surface area contributed by atoms with Crippen LogP contribution in [0, 0.1) is 16.7 Å². The maximum absolute atomic E-state index is 12.3. The maximum atomic E-state index is 12.3. The Balaban J connectivity index is 1.84. The predicted octanol–water partition coefficient (Wildman–Crippen LogP) is 0.907. The minimum Gasteiger partial charge on any atom is -0.381 e. The van der Waals surface area contributed by atoms with E-state index in [1.807, 2.05) is 0 Å². The Bertz CT molecular complexity index is 352. The van der Waals surface area contributed by atoms with Gasteiger partial charge in [0.1, 0.15) is 5.41 Å². The number of nitrogens with zero attached hydrogens (tertiary/aromatic N) is 2. The maximum Gasteiger partial charge on any atom is 0.240 e. The SMILES string of the molecule is CC(CNC(=O)C1(C#N)CCOCC1)N1CCCC1. The summed E-state index contributed by atoms with van der Waals surface area (Å²) in [6, 6.07) is 2.55. The molecule has 2 aliphatic rings. The molecule has 0 saturated carbocycles. The Kier molecular flexibility index (Phi) is 4.78. The van der Waals surface area contributed by atoms with Gasteiger partial charge in [-0.05, 0) is 45.7 Å². The third kappa shape index (κ3) is 3.26. The Labute approximate surface area is 114 Å². The largest absolute Gasteiger partial charge is 0.381 e. The van der Waals surface area contributed by atoms with Gasteiger partial charge in [0.05, 0.1) is 6.07 Å². The highest BCUT2D eigenvalue weighted by Gasteiger charge is 2.40. The van der Waals surface area contributed by atoms with Crippen molar-refractivity contribution in [3.63, 3.8) is 0 Å². The second-order valence-corrected chi connectivity index (χ2v) is 5.61. The van der Waals surface area contributed by atoms with E-state index in [1.165, 1.54) is 12.8 Å². The van der Waals surface area contributed by atoms with Crippen LogP contribution >= 0.6 is 0 Å². The zero-order valence-electron chi connectivity index (χ0n) is 11.7. The number of ether oxygens (including phenoxy) is 1. The van der Waals surface area contributed by atoms with E-state index in [9.17, 15) is 10.1 Å². The molecular weight excluding hydrogens is 242 g/mol. The highest BCUT2D eigenvalue weighted by atomic mass is 16.5. The number of likely N-dealkylation sites (tertiary alicyclic amines) is 1. The summed E-state index contributed by atoms with van der Waals surface area (Å²) < 4.78 is 5.24. The summed E-state index contributed by atoms with van der Waals surface area (Å²) in [6.07, 6.45) is 3.51. The van der Waals surface area contributed by atoms with Gasteiger partial charge in [-0.2, -0.15) is 5.26 Å². The number of nitrogens with one attached hydrogen (secondary N) is 1. The molecule has 0 aliphatic carbocycles. The van der Waals surface area contributed by atoms with Gasteiger partial charge in [0.25, 0.3) is 0 Å². The van der Waals surface area contributed by atoms with Crippen molar-refractivity contribution < 1.29 is 9.53 Å². The lowest BCUT2D eigenvalue weighted by Crippen LogP contribution is -2.48. The fourth-order valence-electron chi connectivity index (χ4n) is 2.83. The molecule has 1 amide bonds. The van der Waals surface area contributed by atoms with E-state index in [1.54, 1.807) is 0 Å². The van der Waals surface area contributed by atoms with E-state index in [-0.39, 0.29) is 5.91 Å². The van der Waals surface area contributed by atoms with Gasteiger partial charge in [-0.15, -0.1) is 0 Å². The smallest absolute Gasteiger partial charge is 0.240 e. The fraction of sp³-hybridized carbons (Fsp3) is 0.857. The van der Waals surface area contributed by atoms with Crippen LogP contribution in [0.15, 0.2) is 0 Å². The van der Waals surface area contributed by atoms with Crippen LogP contribution in [0.1, 0.15) is 32.6 Å². The van der Waals surface area contributed by atoms with Gasteiger partial charge in [0.2, 0.25) is 5.91 Å². The molecule has 0 spiro atoms. The summed E-state index contributed by atoms with van der Waals surface area (Å²) in [6.45, 7) is 6.01. The van der Waals surface area contributed by atoms with Crippen molar-refractivity contribution in [1.29, 1.82) is 5.26 Å². The number of rotatable bonds is 4. The van der Waals surface area contributed by atoms with Crippen molar-refractivity contribution in [2.75, 3.05) is 32.8 Å². The summed E-state index contributed by atoms with van der Waals surface area (Å²) in [4.78, 5) is 14.7. The number of hydrogen-bond acceptors (Lipinski definition) is 4. The third-order valence-electron chi connectivity index (χ3n) is 4.32. The van der Waals surface area contributed by atoms with Gasteiger partial charge in [-0.25, -0.2) is 0 Å². The van der Waals surface area contributed by atoms with Gasteiger partial charge >= 0.3 is 0 Å². The first kappa shape index (κ1) is 14.3. The number of amides is 1. The molecule has 19 heavy (non-hydrogen) atoms. The van der Waals surface area contributed by atoms with Crippen LogP contribution in [0.2, 0.25) is 0 Å². The predicted molar refractivity (Wildman–Crippen MR) is 71.4 cm³/mol. The lowest BCUT2D eigenvalue weighted by molar-refractivity contribution is -0.132. The molecular formula is C14H23N3O2. The standard InChI is InChI=1S/C14H23N3O2/c1-12(17-6-2-3-7-17)10-16-13(18)14(11-15)4-8-19-9-5-14/h12H,2-10H2,1H3,(H,16,18). The van der Waals surface area contributed by atoms with Gasteiger partial charge in [-0.1, -0.05) is 0 Å². The van der Waals surface area contributed by atoms with E-state index >= 15 is 0 Å². The van der Waals surface area contributed by atoms with Crippen LogP contribution < -0.4 is 5.32 Å². The Morgan fingerprint density at radius 1 is 1.42 bits per heavy atom. The fourth-order valence-corrected chi connectivity index (χ4v) is 2.83. The zero-order valence-corrected chi connectivity index (χ0v) is 11.7. The molecule has 106 valence electrons. The van der Waals surface area contributed by atoms with E-state index in [0.29, 0.717) is 38.6 Å². The molecule has 0 aromatic carbocycles. The van der Waals surface area contributed by atoms with E-state index < -0.39 is 5.41 Å². The van der Waals surface area contributed by atoms with Crippen molar-refractivity contribution >= 4 is 5.91 Å². The summed E-state index contributed by atoms with van der Waals surface area (Å²) in [5.41, 5.74) is -0.872. The van der Waals surface area contributed by atoms with Crippen LogP contribution in [0.25, 0.3) is 0 Å². The van der Waals surface area contributed by atoms with Gasteiger partial charge in [0.15, 0.2) is 0 Å². The van der Waals surface area contributed by atoms with E-state index in [4.69, 9.17) is 4.74 Å². The van der Waals surface area contributed by atoms with Gasteiger partial charge < -0.3 is 10.1 Å². The average molecular weight is 265 g/mol. The van der Waals surface area contributed by atoms with Crippen LogP contribution in [0.4, 0.5) is 0 Å². The number of nitriles is 1. The topological polar surface area (TPSA) is 65.4 Å². The highest BCUT2D eigenvalue weighted by molar-refractivity contribution is 5.85. The molecule has 2 aliphatic heterocycles. The average Bonchev–Trinajstić information content (AvgIpc) is 2.99. The lowest BCUT2D eigenvalue weighted by Gasteiger charge is -2.31. The number of hydrogen-bond donors (Lipinski definition) is 1. The molecule has 2 rings (SSSR count). The lowest BCUT2D eigenvalue weighted by atomic mass is 9.81. The minimum absolute atomic E-state index is 0.121. The first-order chi connectivity index (χ1) is 9.18. The second-order valence-electron chi connectivity index (χ2n) is 5.61. The van der Waals surface area contributed by atoms with E-state index in [0.717, 1.165) is 13.1 Å². The highest BCUT2D eigenvalue weighted by Crippen LogP contribution is 2.29. The second kappa shape index (κ2) is 6.36. The molecule has 5 heteroatoms. The molecule has 0 radical (unpaired) electrons. The molecule has 2 heterocycles. The van der Waals surface area contributed by atoms with Gasteiger partial charge in [-0.3, -0.25) is 9.69 Å². The molecule has 0 aromatic heterocycles. The quantitative estimate of drug-likeness (QED) is 0.820. The first-order valence-corrected chi connectivity index (χ1v) is 7.19. The summed E-state index contributed by atoms with van der Waals surface area (Å²) in [5, 5.41) is 12.3. The van der Waals surface area contributed by atoms with E-state index in [2.05, 4.69) is 23.2 Å². The Morgan fingerprint density at radius 3 is 2.63 bits per heavy atom. The van der Waals surface area contributed by atoms with Gasteiger partial charge in [0, 0.05) is 25.8 Å². The summed E-state index contributed by atoms with van der Waals surface area (Å²) in [5.74, 6) is -0.121. The summed E-state index contributed by atoms with van der Waals surface area (Å²) >= 11 is 0.